The Morgan fingerprint density at radius 3 is 2.79 bits per heavy atom. The minimum absolute atomic E-state index is 0.138. The molecule has 0 radical (unpaired) electrons. The Morgan fingerprint density at radius 2 is 2.21 bits per heavy atom. The zero-order valence-corrected chi connectivity index (χ0v) is 12.5. The van der Waals surface area contributed by atoms with Gasteiger partial charge in [-0.25, -0.2) is 0 Å². The Bertz CT molecular complexity index is 297. The van der Waals surface area contributed by atoms with Gasteiger partial charge in [0, 0.05) is 17.6 Å². The molecule has 1 unspecified atom stereocenters. The Labute approximate surface area is 116 Å². The molecule has 0 spiro atoms. The Hall–Kier alpha value is -0.810. The molecule has 1 fully saturated rings. The summed E-state index contributed by atoms with van der Waals surface area (Å²) in [4.78, 5) is 0. The van der Waals surface area contributed by atoms with Gasteiger partial charge in [-0.2, -0.15) is 0 Å². The summed E-state index contributed by atoms with van der Waals surface area (Å²) in [6, 6.07) is 0. The average molecular weight is 271 g/mol. The molecular weight excluding hydrogens is 242 g/mol. The molecule has 5 nitrogen and oxygen atoms in total. The molecule has 0 aromatic rings. The van der Waals surface area contributed by atoms with Gasteiger partial charge in [0.25, 0.3) is 0 Å². The molecule has 0 aromatic carbocycles. The first kappa shape index (κ1) is 16.2. The maximum absolute atomic E-state index is 8.71. The number of ether oxygens (including phenoxy) is 1. The van der Waals surface area contributed by atoms with E-state index in [2.05, 4.69) is 17.4 Å². The monoisotopic (exact) mass is 271 g/mol. The molecule has 1 atom stereocenters. The number of rotatable bonds is 7. The van der Waals surface area contributed by atoms with Crippen LogP contribution in [0.3, 0.4) is 0 Å². The number of amidine groups is 1. The van der Waals surface area contributed by atoms with E-state index in [-0.39, 0.29) is 11.0 Å². The van der Waals surface area contributed by atoms with E-state index in [1.54, 1.807) is 0 Å². The van der Waals surface area contributed by atoms with E-state index in [9.17, 15) is 0 Å². The van der Waals surface area contributed by atoms with E-state index in [1.807, 2.05) is 13.8 Å². The number of unbranched alkanes of at least 4 members (excludes halogenated alkanes) is 1. The highest BCUT2D eigenvalue weighted by molar-refractivity contribution is 5.85. The summed E-state index contributed by atoms with van der Waals surface area (Å²) in [6.45, 7) is 8.93. The molecule has 1 saturated heterocycles. The van der Waals surface area contributed by atoms with Gasteiger partial charge in [-0.05, 0) is 39.2 Å². The average Bonchev–Trinajstić information content (AvgIpc) is 2.38. The Balaban J connectivity index is 2.17. The van der Waals surface area contributed by atoms with Crippen molar-refractivity contribution in [3.8, 4) is 0 Å². The highest BCUT2D eigenvalue weighted by Gasteiger charge is 2.27. The maximum Gasteiger partial charge on any atom is 0.144 e. The third kappa shape index (κ3) is 5.37. The van der Waals surface area contributed by atoms with Crippen LogP contribution in [0.2, 0.25) is 0 Å². The first-order chi connectivity index (χ1) is 8.90. The van der Waals surface area contributed by atoms with Crippen LogP contribution in [0.15, 0.2) is 5.16 Å². The van der Waals surface area contributed by atoms with E-state index in [0.29, 0.717) is 5.84 Å². The molecular formula is C14H29N3O2. The molecule has 1 heterocycles. The molecule has 1 aliphatic rings. The van der Waals surface area contributed by atoms with Crippen molar-refractivity contribution in [1.29, 1.82) is 0 Å². The minimum Gasteiger partial charge on any atom is -0.409 e. The minimum atomic E-state index is -0.230. The van der Waals surface area contributed by atoms with Crippen LogP contribution in [0.25, 0.3) is 0 Å². The quantitative estimate of drug-likeness (QED) is 0.218. The van der Waals surface area contributed by atoms with Crippen LogP contribution in [0.4, 0.5) is 0 Å². The second-order valence-electron chi connectivity index (χ2n) is 6.47. The SMILES string of the molecule is CC1(NCCCCC(C)(C)C(N)=NO)CCCOC1. The van der Waals surface area contributed by atoms with Gasteiger partial charge >= 0.3 is 0 Å². The van der Waals surface area contributed by atoms with Gasteiger partial charge in [0.05, 0.1) is 6.61 Å². The summed E-state index contributed by atoms with van der Waals surface area (Å²) in [5.74, 6) is 0.313. The van der Waals surface area contributed by atoms with Gasteiger partial charge in [0.1, 0.15) is 5.84 Å². The molecule has 0 aliphatic carbocycles. The molecule has 1 rings (SSSR count). The van der Waals surface area contributed by atoms with Crippen molar-refractivity contribution >= 4 is 5.84 Å². The van der Waals surface area contributed by atoms with Crippen LogP contribution in [0, 0.1) is 5.41 Å². The standard InChI is InChI=1S/C14H29N3O2/c1-13(2,12(15)17-18)7-4-5-9-16-14(3)8-6-10-19-11-14/h16,18H,4-11H2,1-3H3,(H2,15,17). The highest BCUT2D eigenvalue weighted by Crippen LogP contribution is 2.23. The van der Waals surface area contributed by atoms with Crippen LogP contribution in [0.1, 0.15) is 52.9 Å². The number of oxime groups is 1. The second kappa shape index (κ2) is 7.10. The molecule has 19 heavy (non-hydrogen) atoms. The summed E-state index contributed by atoms with van der Waals surface area (Å²) in [7, 11) is 0. The van der Waals surface area contributed by atoms with Crippen molar-refractivity contribution in [2.45, 2.75) is 58.4 Å². The van der Waals surface area contributed by atoms with E-state index in [1.165, 1.54) is 6.42 Å². The lowest BCUT2D eigenvalue weighted by Crippen LogP contribution is -2.49. The van der Waals surface area contributed by atoms with E-state index >= 15 is 0 Å². The molecule has 0 saturated carbocycles. The fourth-order valence-corrected chi connectivity index (χ4v) is 2.42. The summed E-state index contributed by atoms with van der Waals surface area (Å²) in [6.07, 6.45) is 5.41. The first-order valence-electron chi connectivity index (χ1n) is 7.20. The predicted octanol–water partition coefficient (Wildman–Crippen LogP) is 2.09. The van der Waals surface area contributed by atoms with Crippen molar-refractivity contribution in [3.05, 3.63) is 0 Å². The molecule has 0 bridgehead atoms. The molecule has 1 aliphatic heterocycles. The molecule has 112 valence electrons. The lowest BCUT2D eigenvalue weighted by molar-refractivity contribution is 0.0285. The number of hydrogen-bond acceptors (Lipinski definition) is 4. The van der Waals surface area contributed by atoms with Gasteiger partial charge in [0.15, 0.2) is 0 Å². The molecule has 4 N–H and O–H groups in total. The van der Waals surface area contributed by atoms with Crippen molar-refractivity contribution in [2.75, 3.05) is 19.8 Å². The zero-order chi connectivity index (χ0) is 14.4. The Kier molecular flexibility index (Phi) is 6.07. The number of nitrogens with one attached hydrogen (secondary N) is 1. The van der Waals surface area contributed by atoms with Crippen LogP contribution >= 0.6 is 0 Å². The lowest BCUT2D eigenvalue weighted by Gasteiger charge is -2.34. The largest absolute Gasteiger partial charge is 0.409 e. The first-order valence-corrected chi connectivity index (χ1v) is 7.20. The maximum atomic E-state index is 8.71. The second-order valence-corrected chi connectivity index (χ2v) is 6.47. The normalized spacial score (nSPS) is 25.5. The summed E-state index contributed by atoms with van der Waals surface area (Å²) < 4.78 is 5.52. The summed E-state index contributed by atoms with van der Waals surface area (Å²) in [5, 5.41) is 15.4. The van der Waals surface area contributed by atoms with Gasteiger partial charge in [-0.1, -0.05) is 25.4 Å². The smallest absolute Gasteiger partial charge is 0.144 e. The van der Waals surface area contributed by atoms with E-state index < -0.39 is 0 Å². The van der Waals surface area contributed by atoms with Crippen molar-refractivity contribution in [1.82, 2.24) is 5.32 Å². The van der Waals surface area contributed by atoms with Crippen LogP contribution in [-0.4, -0.2) is 36.3 Å². The van der Waals surface area contributed by atoms with Crippen LogP contribution < -0.4 is 11.1 Å². The molecule has 0 aromatic heterocycles. The molecule has 5 heteroatoms. The van der Waals surface area contributed by atoms with Crippen LogP contribution in [-0.2, 0) is 4.74 Å². The topological polar surface area (TPSA) is 79.9 Å². The third-order valence-corrected chi connectivity index (χ3v) is 4.02. The highest BCUT2D eigenvalue weighted by atomic mass is 16.5. The van der Waals surface area contributed by atoms with Crippen molar-refractivity contribution < 1.29 is 9.94 Å². The fraction of sp³-hybridized carbons (Fsp3) is 0.929. The summed E-state index contributed by atoms with van der Waals surface area (Å²) in [5.41, 5.74) is 5.58. The predicted molar refractivity (Wildman–Crippen MR) is 77.5 cm³/mol. The lowest BCUT2D eigenvalue weighted by atomic mass is 9.86. The number of nitrogens with two attached hydrogens (primary N) is 1. The summed E-state index contributed by atoms with van der Waals surface area (Å²) >= 11 is 0. The van der Waals surface area contributed by atoms with Gasteiger partial charge in [0.2, 0.25) is 0 Å². The Morgan fingerprint density at radius 1 is 1.47 bits per heavy atom. The van der Waals surface area contributed by atoms with Crippen molar-refractivity contribution in [2.24, 2.45) is 16.3 Å². The van der Waals surface area contributed by atoms with Crippen LogP contribution in [0.5, 0.6) is 0 Å². The van der Waals surface area contributed by atoms with E-state index in [0.717, 1.165) is 45.4 Å². The van der Waals surface area contributed by atoms with Crippen molar-refractivity contribution in [3.63, 3.8) is 0 Å². The van der Waals surface area contributed by atoms with Gasteiger partial charge < -0.3 is 21.0 Å². The molecule has 0 amide bonds. The zero-order valence-electron chi connectivity index (χ0n) is 12.5. The number of hydrogen-bond donors (Lipinski definition) is 3. The number of nitrogens with zero attached hydrogens (tertiary/aromatic N) is 1. The third-order valence-electron chi connectivity index (χ3n) is 4.02. The van der Waals surface area contributed by atoms with Gasteiger partial charge in [-0.15, -0.1) is 0 Å². The van der Waals surface area contributed by atoms with Gasteiger partial charge in [-0.3, -0.25) is 0 Å². The van der Waals surface area contributed by atoms with E-state index in [4.69, 9.17) is 15.7 Å². The fourth-order valence-electron chi connectivity index (χ4n) is 2.42.